The Morgan fingerprint density at radius 2 is 2.25 bits per heavy atom. The Labute approximate surface area is 98.9 Å². The van der Waals surface area contributed by atoms with Gasteiger partial charge in [-0.1, -0.05) is 6.07 Å². The number of aromatic amines is 1. The van der Waals surface area contributed by atoms with E-state index in [1.165, 1.54) is 6.20 Å². The highest BCUT2D eigenvalue weighted by molar-refractivity contribution is 9.10. The van der Waals surface area contributed by atoms with Crippen LogP contribution in [0.3, 0.4) is 0 Å². The van der Waals surface area contributed by atoms with Gasteiger partial charge in [0.25, 0.3) is 5.56 Å². The molecule has 0 radical (unpaired) electrons. The summed E-state index contributed by atoms with van der Waals surface area (Å²) in [6, 6.07) is 3.56. The minimum Gasteiger partial charge on any atom is -0.313 e. The van der Waals surface area contributed by atoms with Crippen LogP contribution in [0.1, 0.15) is 5.56 Å². The molecule has 5 nitrogen and oxygen atoms in total. The quantitative estimate of drug-likeness (QED) is 0.883. The summed E-state index contributed by atoms with van der Waals surface area (Å²) >= 11 is 3.07. The molecule has 1 N–H and O–H groups in total. The standard InChI is InChI=1S/C10H8BrN3O2/c11-8-5-13-10(16)14(9(8)15)6-7-2-1-3-12-4-7/h1-5H,6H2,(H,13,16). The van der Waals surface area contributed by atoms with Crippen molar-refractivity contribution in [3.8, 4) is 0 Å². The van der Waals surface area contributed by atoms with Gasteiger partial charge in [-0.05, 0) is 27.6 Å². The predicted molar refractivity (Wildman–Crippen MR) is 62.4 cm³/mol. The van der Waals surface area contributed by atoms with Crippen LogP contribution in [0.2, 0.25) is 0 Å². The summed E-state index contributed by atoms with van der Waals surface area (Å²) < 4.78 is 1.44. The summed E-state index contributed by atoms with van der Waals surface area (Å²) in [6.07, 6.45) is 4.59. The van der Waals surface area contributed by atoms with Crippen LogP contribution >= 0.6 is 15.9 Å². The van der Waals surface area contributed by atoms with Crippen molar-refractivity contribution in [3.05, 3.63) is 61.6 Å². The van der Waals surface area contributed by atoms with E-state index in [4.69, 9.17) is 0 Å². The lowest BCUT2D eigenvalue weighted by molar-refractivity contribution is 0.692. The highest BCUT2D eigenvalue weighted by Gasteiger charge is 2.05. The SMILES string of the molecule is O=c1[nH]cc(Br)c(=O)n1Cc1cccnc1. The molecule has 2 aromatic heterocycles. The number of aromatic nitrogens is 3. The Morgan fingerprint density at radius 1 is 1.44 bits per heavy atom. The zero-order valence-electron chi connectivity index (χ0n) is 8.18. The van der Waals surface area contributed by atoms with E-state index in [0.29, 0.717) is 4.47 Å². The fraction of sp³-hybridized carbons (Fsp3) is 0.100. The van der Waals surface area contributed by atoms with E-state index in [1.54, 1.807) is 24.5 Å². The smallest absolute Gasteiger partial charge is 0.313 e. The van der Waals surface area contributed by atoms with Crippen LogP contribution in [0.25, 0.3) is 0 Å². The summed E-state index contributed by atoms with van der Waals surface area (Å²) in [4.78, 5) is 29.5. The molecule has 0 spiro atoms. The fourth-order valence-corrected chi connectivity index (χ4v) is 1.63. The second-order valence-electron chi connectivity index (χ2n) is 3.19. The molecule has 0 saturated carbocycles. The van der Waals surface area contributed by atoms with Crippen molar-refractivity contribution in [2.75, 3.05) is 0 Å². The molecule has 0 atom stereocenters. The lowest BCUT2D eigenvalue weighted by atomic mass is 10.3. The number of pyridine rings is 1. The Morgan fingerprint density at radius 3 is 2.94 bits per heavy atom. The van der Waals surface area contributed by atoms with Crippen LogP contribution in [-0.2, 0) is 6.54 Å². The molecule has 2 aromatic rings. The van der Waals surface area contributed by atoms with Crippen LogP contribution in [-0.4, -0.2) is 14.5 Å². The maximum absolute atomic E-state index is 11.7. The van der Waals surface area contributed by atoms with Crippen molar-refractivity contribution in [2.45, 2.75) is 6.54 Å². The topological polar surface area (TPSA) is 67.8 Å². The summed E-state index contributed by atoms with van der Waals surface area (Å²) in [6.45, 7) is 0.210. The minimum absolute atomic E-state index is 0.210. The number of hydrogen-bond donors (Lipinski definition) is 1. The molecule has 16 heavy (non-hydrogen) atoms. The van der Waals surface area contributed by atoms with Crippen molar-refractivity contribution in [3.63, 3.8) is 0 Å². The maximum atomic E-state index is 11.7. The van der Waals surface area contributed by atoms with E-state index < -0.39 is 5.69 Å². The van der Waals surface area contributed by atoms with Gasteiger partial charge in [-0.2, -0.15) is 0 Å². The van der Waals surface area contributed by atoms with Crippen molar-refractivity contribution in [2.24, 2.45) is 0 Å². The average molecular weight is 282 g/mol. The van der Waals surface area contributed by atoms with Gasteiger partial charge in [-0.15, -0.1) is 0 Å². The Balaban J connectivity index is 2.47. The molecule has 82 valence electrons. The number of halogens is 1. The molecule has 0 fully saturated rings. The van der Waals surface area contributed by atoms with Crippen molar-refractivity contribution >= 4 is 15.9 Å². The van der Waals surface area contributed by atoms with Gasteiger partial charge in [0.15, 0.2) is 0 Å². The van der Waals surface area contributed by atoms with Crippen LogP contribution in [0.5, 0.6) is 0 Å². The van der Waals surface area contributed by atoms with Gasteiger partial charge >= 0.3 is 5.69 Å². The van der Waals surface area contributed by atoms with Crippen LogP contribution in [0, 0.1) is 0 Å². The highest BCUT2D eigenvalue weighted by atomic mass is 79.9. The Bertz CT molecular complexity index is 603. The molecular weight excluding hydrogens is 274 g/mol. The number of rotatable bonds is 2. The molecule has 0 aromatic carbocycles. The largest absolute Gasteiger partial charge is 0.328 e. The van der Waals surface area contributed by atoms with Gasteiger partial charge < -0.3 is 4.98 Å². The molecule has 0 amide bonds. The molecule has 2 rings (SSSR count). The number of hydrogen-bond acceptors (Lipinski definition) is 3. The van der Waals surface area contributed by atoms with E-state index >= 15 is 0 Å². The van der Waals surface area contributed by atoms with Gasteiger partial charge in [0.05, 0.1) is 11.0 Å². The zero-order valence-corrected chi connectivity index (χ0v) is 9.77. The summed E-state index contributed by atoms with van der Waals surface area (Å²) in [7, 11) is 0. The molecule has 0 aliphatic carbocycles. The normalized spacial score (nSPS) is 10.3. The molecular formula is C10H8BrN3O2. The van der Waals surface area contributed by atoms with Crippen molar-refractivity contribution < 1.29 is 0 Å². The average Bonchev–Trinajstić information content (AvgIpc) is 2.31. The lowest BCUT2D eigenvalue weighted by Gasteiger charge is -2.03. The predicted octanol–water partition coefficient (Wildman–Crippen LogP) is 0.742. The van der Waals surface area contributed by atoms with E-state index in [-0.39, 0.29) is 12.1 Å². The molecule has 6 heteroatoms. The Kier molecular flexibility index (Phi) is 3.00. The van der Waals surface area contributed by atoms with Gasteiger partial charge in [-0.3, -0.25) is 14.3 Å². The lowest BCUT2D eigenvalue weighted by Crippen LogP contribution is -2.35. The second-order valence-corrected chi connectivity index (χ2v) is 4.05. The van der Waals surface area contributed by atoms with Crippen molar-refractivity contribution in [1.82, 2.24) is 14.5 Å². The Hall–Kier alpha value is -1.69. The van der Waals surface area contributed by atoms with E-state index in [2.05, 4.69) is 25.9 Å². The van der Waals surface area contributed by atoms with Gasteiger partial charge in [0, 0.05) is 18.6 Å². The first kappa shape index (κ1) is 10.8. The summed E-state index contributed by atoms with van der Waals surface area (Å²) in [5.41, 5.74) is 0.0119. The highest BCUT2D eigenvalue weighted by Crippen LogP contribution is 1.99. The van der Waals surface area contributed by atoms with E-state index in [1.807, 2.05) is 0 Å². The monoisotopic (exact) mass is 281 g/mol. The molecule has 0 saturated heterocycles. The summed E-state index contributed by atoms with van der Waals surface area (Å²) in [5, 5.41) is 0. The first-order chi connectivity index (χ1) is 7.68. The van der Waals surface area contributed by atoms with E-state index in [9.17, 15) is 9.59 Å². The molecule has 0 aliphatic rings. The molecule has 0 bridgehead atoms. The summed E-state index contributed by atoms with van der Waals surface area (Å²) in [5.74, 6) is 0. The number of H-pyrrole nitrogens is 1. The van der Waals surface area contributed by atoms with Crippen molar-refractivity contribution in [1.29, 1.82) is 0 Å². The first-order valence-corrected chi connectivity index (χ1v) is 5.34. The zero-order chi connectivity index (χ0) is 11.5. The third kappa shape index (κ3) is 2.11. The van der Waals surface area contributed by atoms with Gasteiger partial charge in [0.1, 0.15) is 0 Å². The third-order valence-corrected chi connectivity index (χ3v) is 2.65. The van der Waals surface area contributed by atoms with Gasteiger partial charge in [0.2, 0.25) is 0 Å². The molecule has 2 heterocycles. The van der Waals surface area contributed by atoms with Crippen LogP contribution in [0.4, 0.5) is 0 Å². The molecule has 0 aliphatic heterocycles. The van der Waals surface area contributed by atoms with Gasteiger partial charge in [-0.25, -0.2) is 4.79 Å². The third-order valence-electron chi connectivity index (χ3n) is 2.08. The number of nitrogens with zero attached hydrogens (tertiary/aromatic N) is 2. The maximum Gasteiger partial charge on any atom is 0.328 e. The number of nitrogens with one attached hydrogen (secondary N) is 1. The van der Waals surface area contributed by atoms with Crippen LogP contribution in [0.15, 0.2) is 44.8 Å². The molecule has 0 unspecified atom stereocenters. The first-order valence-electron chi connectivity index (χ1n) is 4.55. The fourth-order valence-electron chi connectivity index (χ4n) is 1.30. The van der Waals surface area contributed by atoms with E-state index in [0.717, 1.165) is 10.1 Å². The van der Waals surface area contributed by atoms with Crippen LogP contribution < -0.4 is 11.2 Å². The minimum atomic E-state index is -0.433. The second kappa shape index (κ2) is 4.44.